The van der Waals surface area contributed by atoms with E-state index in [2.05, 4.69) is 42.0 Å². The Morgan fingerprint density at radius 2 is 2.05 bits per heavy atom. The molecule has 0 heterocycles. The number of benzene rings is 1. The van der Waals surface area contributed by atoms with E-state index >= 15 is 0 Å². The van der Waals surface area contributed by atoms with Gasteiger partial charge in [-0.25, -0.2) is 0 Å². The number of amides is 1. The molecule has 1 rings (SSSR count). The molecule has 1 unspecified atom stereocenters. The average Bonchev–Trinajstić information content (AvgIpc) is 2.23. The Hall–Kier alpha value is -1.03. The summed E-state index contributed by atoms with van der Waals surface area (Å²) >= 11 is 3.57. The molecule has 4 heteroatoms. The van der Waals surface area contributed by atoms with E-state index in [1.807, 2.05) is 13.0 Å². The molecule has 1 aromatic carbocycles. The summed E-state index contributed by atoms with van der Waals surface area (Å²) in [4.78, 5) is 12.2. The van der Waals surface area contributed by atoms with Crippen LogP contribution in [0.15, 0.2) is 18.2 Å². The van der Waals surface area contributed by atoms with Gasteiger partial charge >= 0.3 is 0 Å². The van der Waals surface area contributed by atoms with Crippen molar-refractivity contribution >= 4 is 21.8 Å². The lowest BCUT2D eigenvalue weighted by molar-refractivity contribution is 0.0950. The number of rotatable bonds is 4. The molecule has 0 saturated heterocycles. The third-order valence-electron chi connectivity index (χ3n) is 2.72. The fraction of sp³-hybridized carbons (Fsp3) is 0.533. The smallest absolute Gasteiger partial charge is 0.255 e. The topological polar surface area (TPSA) is 49.3 Å². The van der Waals surface area contributed by atoms with Crippen molar-refractivity contribution in [3.05, 3.63) is 29.3 Å². The van der Waals surface area contributed by atoms with Crippen molar-refractivity contribution in [2.75, 3.05) is 6.54 Å². The summed E-state index contributed by atoms with van der Waals surface area (Å²) in [5.74, 6) is -0.213. The zero-order chi connectivity index (χ0) is 14.6. The van der Waals surface area contributed by atoms with Crippen LogP contribution in [0, 0.1) is 12.3 Å². The van der Waals surface area contributed by atoms with E-state index in [0.717, 1.165) is 12.0 Å². The fourth-order valence-electron chi connectivity index (χ4n) is 1.87. The van der Waals surface area contributed by atoms with Crippen LogP contribution in [0.2, 0.25) is 0 Å². The van der Waals surface area contributed by atoms with Gasteiger partial charge < -0.3 is 10.4 Å². The maximum absolute atomic E-state index is 12.0. The Labute approximate surface area is 123 Å². The van der Waals surface area contributed by atoms with E-state index in [-0.39, 0.29) is 21.9 Å². The molecule has 0 aromatic heterocycles. The van der Waals surface area contributed by atoms with Gasteiger partial charge in [-0.2, -0.15) is 0 Å². The second-order valence-corrected chi connectivity index (χ2v) is 7.39. The summed E-state index contributed by atoms with van der Waals surface area (Å²) in [7, 11) is 0. The van der Waals surface area contributed by atoms with Gasteiger partial charge in [0, 0.05) is 11.4 Å². The van der Waals surface area contributed by atoms with Gasteiger partial charge in [0.25, 0.3) is 5.91 Å². The highest BCUT2D eigenvalue weighted by Gasteiger charge is 2.18. The molecule has 0 radical (unpaired) electrons. The molecule has 0 saturated carbocycles. The second-order valence-electron chi connectivity index (χ2n) is 6.09. The van der Waals surface area contributed by atoms with Crippen LogP contribution < -0.4 is 5.32 Å². The Morgan fingerprint density at radius 3 is 2.58 bits per heavy atom. The standard InChI is InChI=1S/C15H22BrNO2/c1-10-5-6-12(13(18)7-10)14(19)17-9-11(16)8-15(2,3)4/h5-7,11,18H,8-9H2,1-4H3,(H,17,19). The molecule has 1 amide bonds. The van der Waals surface area contributed by atoms with Crippen LogP contribution >= 0.6 is 15.9 Å². The Bertz CT molecular complexity index is 452. The minimum atomic E-state index is -0.240. The molecular formula is C15H22BrNO2. The Kier molecular flexibility index (Phi) is 5.41. The summed E-state index contributed by atoms with van der Waals surface area (Å²) in [6.07, 6.45) is 0.965. The fourth-order valence-corrected chi connectivity index (χ4v) is 3.00. The highest BCUT2D eigenvalue weighted by Crippen LogP contribution is 2.24. The number of phenols is 1. The van der Waals surface area contributed by atoms with E-state index in [0.29, 0.717) is 12.1 Å². The molecule has 0 bridgehead atoms. The summed E-state index contributed by atoms with van der Waals surface area (Å²) in [5, 5.41) is 12.6. The third-order valence-corrected chi connectivity index (χ3v) is 3.36. The molecule has 0 aliphatic heterocycles. The molecule has 2 N–H and O–H groups in total. The van der Waals surface area contributed by atoms with Crippen LogP contribution in [-0.4, -0.2) is 22.4 Å². The summed E-state index contributed by atoms with van der Waals surface area (Å²) in [6.45, 7) is 8.90. The van der Waals surface area contributed by atoms with Crippen LogP contribution in [0.5, 0.6) is 5.75 Å². The molecule has 106 valence electrons. The van der Waals surface area contributed by atoms with Crippen LogP contribution in [0.1, 0.15) is 43.1 Å². The number of aryl methyl sites for hydroxylation is 1. The Balaban J connectivity index is 2.56. The van der Waals surface area contributed by atoms with Gasteiger partial charge in [0.15, 0.2) is 0 Å². The highest BCUT2D eigenvalue weighted by atomic mass is 79.9. The predicted molar refractivity (Wildman–Crippen MR) is 82.0 cm³/mol. The monoisotopic (exact) mass is 327 g/mol. The first-order chi connectivity index (χ1) is 8.69. The molecular weight excluding hydrogens is 306 g/mol. The van der Waals surface area contributed by atoms with E-state index in [1.165, 1.54) is 0 Å². The highest BCUT2D eigenvalue weighted by molar-refractivity contribution is 9.09. The molecule has 1 aromatic rings. The number of hydrogen-bond acceptors (Lipinski definition) is 2. The zero-order valence-electron chi connectivity index (χ0n) is 12.0. The number of hydrogen-bond donors (Lipinski definition) is 2. The van der Waals surface area contributed by atoms with Gasteiger partial charge in [-0.1, -0.05) is 42.8 Å². The van der Waals surface area contributed by atoms with Crippen LogP contribution in [0.4, 0.5) is 0 Å². The normalized spacial score (nSPS) is 13.1. The lowest BCUT2D eigenvalue weighted by Crippen LogP contribution is -2.31. The molecule has 1 atom stereocenters. The lowest BCUT2D eigenvalue weighted by Gasteiger charge is -2.22. The largest absolute Gasteiger partial charge is 0.507 e. The quantitative estimate of drug-likeness (QED) is 0.829. The molecule has 0 fully saturated rings. The summed E-state index contributed by atoms with van der Waals surface area (Å²) in [5.41, 5.74) is 1.46. The van der Waals surface area contributed by atoms with E-state index in [4.69, 9.17) is 0 Å². The van der Waals surface area contributed by atoms with E-state index in [9.17, 15) is 9.90 Å². The molecule has 0 spiro atoms. The number of carbonyl (C=O) groups excluding carboxylic acids is 1. The number of nitrogens with one attached hydrogen (secondary N) is 1. The lowest BCUT2D eigenvalue weighted by atomic mass is 9.90. The maximum atomic E-state index is 12.0. The minimum Gasteiger partial charge on any atom is -0.507 e. The number of alkyl halides is 1. The van der Waals surface area contributed by atoms with E-state index < -0.39 is 0 Å². The van der Waals surface area contributed by atoms with Gasteiger partial charge in [-0.15, -0.1) is 0 Å². The van der Waals surface area contributed by atoms with Gasteiger partial charge in [-0.05, 0) is 36.5 Å². The van der Waals surface area contributed by atoms with Gasteiger partial charge in [0.2, 0.25) is 0 Å². The first kappa shape index (κ1) is 16.0. The third kappa shape index (κ3) is 5.64. The van der Waals surface area contributed by atoms with Crippen molar-refractivity contribution < 1.29 is 9.90 Å². The molecule has 0 aliphatic carbocycles. The van der Waals surface area contributed by atoms with Crippen molar-refractivity contribution in [3.63, 3.8) is 0 Å². The molecule has 3 nitrogen and oxygen atoms in total. The molecule has 19 heavy (non-hydrogen) atoms. The maximum Gasteiger partial charge on any atom is 0.255 e. The van der Waals surface area contributed by atoms with Crippen LogP contribution in [0.3, 0.4) is 0 Å². The number of halogens is 1. The SMILES string of the molecule is Cc1ccc(C(=O)NCC(Br)CC(C)(C)C)c(O)c1. The summed E-state index contributed by atoms with van der Waals surface area (Å²) in [6, 6.07) is 5.05. The zero-order valence-corrected chi connectivity index (χ0v) is 13.5. The van der Waals surface area contributed by atoms with Crippen molar-refractivity contribution in [1.82, 2.24) is 5.32 Å². The van der Waals surface area contributed by atoms with Gasteiger partial charge in [-0.3, -0.25) is 4.79 Å². The van der Waals surface area contributed by atoms with Gasteiger partial charge in [0.1, 0.15) is 5.75 Å². The van der Waals surface area contributed by atoms with Crippen molar-refractivity contribution in [2.45, 2.75) is 38.9 Å². The average molecular weight is 328 g/mol. The predicted octanol–water partition coefficient (Wildman–Crippen LogP) is 3.63. The second kappa shape index (κ2) is 6.42. The summed E-state index contributed by atoms with van der Waals surface area (Å²) < 4.78 is 0. The number of carbonyl (C=O) groups is 1. The molecule has 0 aliphatic rings. The minimum absolute atomic E-state index is 0.0273. The van der Waals surface area contributed by atoms with Crippen LogP contribution in [0.25, 0.3) is 0 Å². The first-order valence-corrected chi connectivity index (χ1v) is 7.32. The Morgan fingerprint density at radius 1 is 1.42 bits per heavy atom. The van der Waals surface area contributed by atoms with Crippen molar-refractivity contribution in [2.24, 2.45) is 5.41 Å². The van der Waals surface area contributed by atoms with E-state index in [1.54, 1.807) is 12.1 Å². The van der Waals surface area contributed by atoms with Gasteiger partial charge in [0.05, 0.1) is 5.56 Å². The number of phenolic OH excluding ortho intramolecular Hbond substituents is 1. The first-order valence-electron chi connectivity index (χ1n) is 6.41. The van der Waals surface area contributed by atoms with Crippen molar-refractivity contribution in [1.29, 1.82) is 0 Å². The van der Waals surface area contributed by atoms with Crippen molar-refractivity contribution in [3.8, 4) is 5.75 Å². The van der Waals surface area contributed by atoms with Crippen LogP contribution in [-0.2, 0) is 0 Å². The number of aromatic hydroxyl groups is 1.